The Labute approximate surface area is 624 Å². The fourth-order valence-electron chi connectivity index (χ4n) is 13.8. The first-order valence-corrected chi connectivity index (χ1v) is 35.5. The zero-order valence-electron chi connectivity index (χ0n) is 57.7. The quantitative estimate of drug-likeness (QED) is 0.104. The van der Waals surface area contributed by atoms with Crippen LogP contribution in [0, 0.1) is 4.35 Å². The molecule has 1 aliphatic rings. The van der Waals surface area contributed by atoms with Crippen molar-refractivity contribution in [3.63, 3.8) is 0 Å². The first-order chi connectivity index (χ1) is 49.9. The minimum absolute atomic E-state index is 0. The average molecular weight is 1360 g/mol. The fourth-order valence-corrected chi connectivity index (χ4v) is 13.8. The van der Waals surface area contributed by atoms with Crippen LogP contribution in [-0.2, 0) is 4.74 Å². The summed E-state index contributed by atoms with van der Waals surface area (Å²) in [6.45, 7) is 10.5. The van der Waals surface area contributed by atoms with Crippen molar-refractivity contribution in [3.05, 3.63) is 370 Å². The SMILES string of the molecule is C.C.C1CCOC1.C=Cc1ccc(-c2ccc3c(c2)c2cc(-c4ccc(N(c5ccccc5)c5ccccc5)cc4)ccc2n3-c2ccccc2)cc1.CCC(C)c1ccc(-c2ccc3c(c2)c2cc(-c4ccc(N(c5ccccc5)c5ccccc5)cc4)ccc2n3-c2ccccc2)cc1.[B].[NH]=[Al]. The number of rotatable bonds is 15. The minimum atomic E-state index is 0. The van der Waals surface area contributed by atoms with Gasteiger partial charge in [-0.25, -0.2) is 0 Å². The second kappa shape index (κ2) is 34.8. The van der Waals surface area contributed by atoms with Crippen molar-refractivity contribution in [1.29, 1.82) is 4.35 Å². The zero-order chi connectivity index (χ0) is 68.9. The van der Waals surface area contributed by atoms with Gasteiger partial charge in [-0.05, 0) is 226 Å². The van der Waals surface area contributed by atoms with Crippen LogP contribution in [-0.4, -0.2) is 46.9 Å². The predicted molar refractivity (Wildman–Crippen MR) is 449 cm³/mol. The Morgan fingerprint density at radius 3 is 0.865 bits per heavy atom. The molecule has 14 aromatic carbocycles. The number of anilines is 6. The fraction of sp³-hybridized carbons (Fsp3) is 0.104. The molecule has 1 aliphatic heterocycles. The summed E-state index contributed by atoms with van der Waals surface area (Å²) in [5, 5.41) is 4.99. The van der Waals surface area contributed by atoms with E-state index < -0.39 is 0 Å². The molecule has 17 rings (SSSR count). The third-order valence-corrected chi connectivity index (χ3v) is 19.3. The molecular weight excluding hydrogens is 1280 g/mol. The molecule has 0 saturated carbocycles. The summed E-state index contributed by atoms with van der Waals surface area (Å²) in [6, 6.07) is 127. The molecule has 1 N–H and O–H groups in total. The Hall–Kier alpha value is -11.6. The van der Waals surface area contributed by atoms with E-state index in [9.17, 15) is 0 Å². The van der Waals surface area contributed by atoms with E-state index in [1.165, 1.54) is 112 Å². The monoisotopic (exact) mass is 1360 g/mol. The van der Waals surface area contributed by atoms with Crippen molar-refractivity contribution in [2.75, 3.05) is 23.0 Å². The Morgan fingerprint density at radius 2 is 0.606 bits per heavy atom. The van der Waals surface area contributed by atoms with Gasteiger partial charge in [0.25, 0.3) is 0 Å². The molecule has 1 atom stereocenters. The molecule has 4 radical (unpaired) electrons. The molecule has 104 heavy (non-hydrogen) atoms. The van der Waals surface area contributed by atoms with Gasteiger partial charge in [-0.1, -0.05) is 248 Å². The standard InChI is InChI=1S/C46H38N2.C44H32N2.C4H8O.2CH4.Al.B.HN/c1-3-33(2)34-19-21-35(22-20-34)37-25-29-45-43(31-37)44-32-38(26-30-46(44)48(45)41-17-11-6-12-18-41)36-23-27-42(28-24-36)47(39-13-7-4-8-14-39)40-15-9-5-10-16-40;1-2-32-18-20-33(21-19-32)35-24-28-43-41(30-35)42-31-36(25-29-44(42)46(43)39-16-10-5-11-17-39)34-22-26-40(27-23-34)45(37-12-6-3-7-13-37)38-14-8-4-9-15-38;1-2-4-5-3-1;;;;;/h4-33H,3H2,1-2H3;2-31H,1H2;1-4H2;2*1H4;;;1H. The summed E-state index contributed by atoms with van der Waals surface area (Å²) in [5.74, 6) is 0.567. The van der Waals surface area contributed by atoms with Crippen molar-refractivity contribution in [2.24, 2.45) is 0 Å². The van der Waals surface area contributed by atoms with Crippen molar-refractivity contribution in [2.45, 2.75) is 53.9 Å². The summed E-state index contributed by atoms with van der Waals surface area (Å²) in [6.07, 6.45) is 5.59. The number of benzene rings is 14. The molecule has 0 spiro atoms. The molecule has 16 aromatic rings. The van der Waals surface area contributed by atoms with Crippen LogP contribution in [0.25, 0.3) is 106 Å². The van der Waals surface area contributed by atoms with Crippen LogP contribution in [0.3, 0.4) is 0 Å². The molecular formula is C96H87AlBN5O. The summed E-state index contributed by atoms with van der Waals surface area (Å²) in [7, 11) is 0. The van der Waals surface area contributed by atoms with E-state index in [-0.39, 0.29) is 23.3 Å². The molecule has 2 aromatic heterocycles. The first kappa shape index (κ1) is 73.6. The second-order valence-electron chi connectivity index (χ2n) is 25.5. The number of fused-ring (bicyclic) bond motifs is 6. The van der Waals surface area contributed by atoms with Crippen LogP contribution < -0.4 is 9.80 Å². The average Bonchev–Trinajstić information content (AvgIpc) is 1.59. The van der Waals surface area contributed by atoms with Gasteiger partial charge in [-0.3, -0.25) is 0 Å². The van der Waals surface area contributed by atoms with E-state index in [4.69, 9.17) is 9.08 Å². The van der Waals surface area contributed by atoms with Crippen LogP contribution in [0.15, 0.2) is 358 Å². The third kappa shape index (κ3) is 15.9. The third-order valence-electron chi connectivity index (χ3n) is 19.3. The molecule has 508 valence electrons. The van der Waals surface area contributed by atoms with Gasteiger partial charge in [0.1, 0.15) is 0 Å². The molecule has 1 unspecified atom stereocenters. The van der Waals surface area contributed by atoms with E-state index >= 15 is 0 Å². The van der Waals surface area contributed by atoms with E-state index in [1.807, 2.05) is 6.08 Å². The van der Waals surface area contributed by atoms with Gasteiger partial charge in [-0.15, -0.1) is 0 Å². The Morgan fingerprint density at radius 1 is 0.356 bits per heavy atom. The molecule has 3 heterocycles. The first-order valence-electron chi connectivity index (χ1n) is 34.9. The van der Waals surface area contributed by atoms with Gasteiger partial charge in [0, 0.05) is 88.7 Å². The Bertz CT molecular complexity index is 5310. The Balaban J connectivity index is 0.000000186. The second-order valence-corrected chi connectivity index (χ2v) is 25.5. The summed E-state index contributed by atoms with van der Waals surface area (Å²) < 4.78 is 15.4. The number of para-hydroxylation sites is 6. The molecule has 0 bridgehead atoms. The normalized spacial score (nSPS) is 11.6. The van der Waals surface area contributed by atoms with Crippen LogP contribution in [0.2, 0.25) is 0 Å². The predicted octanol–water partition coefficient (Wildman–Crippen LogP) is 26.9. The van der Waals surface area contributed by atoms with Gasteiger partial charge in [0.2, 0.25) is 0 Å². The van der Waals surface area contributed by atoms with Gasteiger partial charge < -0.3 is 23.7 Å². The van der Waals surface area contributed by atoms with Crippen molar-refractivity contribution in [1.82, 2.24) is 9.13 Å². The van der Waals surface area contributed by atoms with Gasteiger partial charge >= 0.3 is 20.4 Å². The molecule has 1 saturated heterocycles. The van der Waals surface area contributed by atoms with Crippen molar-refractivity contribution >= 4 is 108 Å². The number of nitrogens with zero attached hydrogens (tertiary/aromatic N) is 4. The van der Waals surface area contributed by atoms with Crippen LogP contribution in [0.4, 0.5) is 34.1 Å². The molecule has 1 fully saturated rings. The topological polar surface area (TPSA) is 49.4 Å². The molecule has 8 heteroatoms. The van der Waals surface area contributed by atoms with Crippen LogP contribution >= 0.6 is 0 Å². The van der Waals surface area contributed by atoms with Gasteiger partial charge in [-0.2, -0.15) is 0 Å². The molecule has 0 amide bonds. The van der Waals surface area contributed by atoms with Crippen molar-refractivity contribution in [3.8, 4) is 55.9 Å². The van der Waals surface area contributed by atoms with E-state index in [0.717, 1.165) is 65.0 Å². The number of ether oxygens (including phenoxy) is 1. The van der Waals surface area contributed by atoms with Crippen molar-refractivity contribution < 1.29 is 4.74 Å². The Kier molecular flexibility index (Phi) is 24.6. The molecule has 0 aliphatic carbocycles. The van der Waals surface area contributed by atoms with Gasteiger partial charge in [0.05, 0.1) is 22.1 Å². The van der Waals surface area contributed by atoms with Gasteiger partial charge in [0.15, 0.2) is 0 Å². The summed E-state index contributed by atoms with van der Waals surface area (Å²) >= 11 is 1.67. The molecule has 6 nitrogen and oxygen atoms in total. The summed E-state index contributed by atoms with van der Waals surface area (Å²) in [5.41, 5.74) is 26.1. The number of hydrogen-bond acceptors (Lipinski definition) is 4. The zero-order valence-corrected chi connectivity index (χ0v) is 58.9. The number of nitrogens with one attached hydrogen (secondary N) is 1. The van der Waals surface area contributed by atoms with Crippen LogP contribution in [0.1, 0.15) is 65.0 Å². The number of aromatic nitrogens is 2. The van der Waals surface area contributed by atoms with E-state index in [0.29, 0.717) is 5.92 Å². The van der Waals surface area contributed by atoms with Crippen LogP contribution in [0.5, 0.6) is 0 Å². The number of hydrogen-bond donors (Lipinski definition) is 1. The maximum atomic E-state index is 5.67. The summed E-state index contributed by atoms with van der Waals surface area (Å²) in [4.78, 5) is 4.60. The van der Waals surface area contributed by atoms with E-state index in [2.05, 4.69) is 391 Å². The van der Waals surface area contributed by atoms with E-state index in [1.54, 1.807) is 16.1 Å². The maximum absolute atomic E-state index is 5.67.